The number of halogens is 2. The molecule has 6 nitrogen and oxygen atoms in total. The minimum Gasteiger partial charge on any atom is -0.497 e. The van der Waals surface area contributed by atoms with Crippen LogP contribution in [0.5, 0.6) is 5.75 Å². The van der Waals surface area contributed by atoms with Crippen molar-refractivity contribution >= 4 is 47.4 Å². The highest BCUT2D eigenvalue weighted by atomic mass is 127. The molecule has 1 aromatic rings. The molecule has 2 rings (SSSR count). The summed E-state index contributed by atoms with van der Waals surface area (Å²) >= 11 is 6.25. The van der Waals surface area contributed by atoms with Crippen LogP contribution in [0, 0.1) is 0 Å². The van der Waals surface area contributed by atoms with E-state index < -0.39 is 0 Å². The number of ether oxygens (including phenoxy) is 1. The van der Waals surface area contributed by atoms with Crippen LogP contribution in [-0.2, 0) is 11.2 Å². The molecule has 0 radical (unpaired) electrons. The summed E-state index contributed by atoms with van der Waals surface area (Å²) in [5.74, 6) is 1.54. The number of rotatable bonds is 8. The van der Waals surface area contributed by atoms with Crippen molar-refractivity contribution in [3.8, 4) is 5.75 Å². The minimum atomic E-state index is 0. The van der Waals surface area contributed by atoms with Gasteiger partial charge in [-0.15, -0.1) is 24.0 Å². The number of hydrogen-bond acceptors (Lipinski definition) is 3. The third kappa shape index (κ3) is 8.55. The van der Waals surface area contributed by atoms with E-state index in [0.29, 0.717) is 36.5 Å². The van der Waals surface area contributed by atoms with Gasteiger partial charge >= 0.3 is 0 Å². The summed E-state index contributed by atoms with van der Waals surface area (Å²) in [5, 5.41) is 10.2. The highest BCUT2D eigenvalue weighted by Gasteiger charge is 2.16. The second kappa shape index (κ2) is 13.0. The van der Waals surface area contributed by atoms with Crippen LogP contribution >= 0.6 is 35.6 Å². The summed E-state index contributed by atoms with van der Waals surface area (Å²) < 4.78 is 5.15. The van der Waals surface area contributed by atoms with E-state index in [1.165, 1.54) is 12.8 Å². The number of hydrogen-bond donors (Lipinski definition) is 3. The van der Waals surface area contributed by atoms with Crippen LogP contribution in [0.15, 0.2) is 23.2 Å². The van der Waals surface area contributed by atoms with Crippen molar-refractivity contribution < 1.29 is 9.53 Å². The van der Waals surface area contributed by atoms with Crippen LogP contribution in [0.3, 0.4) is 0 Å². The van der Waals surface area contributed by atoms with Crippen LogP contribution in [0.2, 0.25) is 5.02 Å². The van der Waals surface area contributed by atoms with Crippen molar-refractivity contribution in [3.05, 3.63) is 28.8 Å². The lowest BCUT2D eigenvalue weighted by Gasteiger charge is -2.14. The van der Waals surface area contributed by atoms with Crippen molar-refractivity contribution in [2.75, 3.05) is 27.2 Å². The van der Waals surface area contributed by atoms with Crippen LogP contribution in [0.25, 0.3) is 0 Å². The number of guanidine groups is 1. The molecule has 0 aliphatic heterocycles. The fraction of sp³-hybridized carbons (Fsp3) is 0.579. The largest absolute Gasteiger partial charge is 0.497 e. The van der Waals surface area contributed by atoms with E-state index in [9.17, 15) is 4.79 Å². The molecule has 1 aliphatic rings. The van der Waals surface area contributed by atoms with Gasteiger partial charge in [0.25, 0.3) is 0 Å². The zero-order chi connectivity index (χ0) is 18.8. The van der Waals surface area contributed by atoms with Gasteiger partial charge in [-0.25, -0.2) is 0 Å². The predicted octanol–water partition coefficient (Wildman–Crippen LogP) is 3.12. The van der Waals surface area contributed by atoms with E-state index in [0.717, 1.165) is 30.6 Å². The van der Waals surface area contributed by atoms with Crippen LogP contribution < -0.4 is 20.7 Å². The molecule has 0 bridgehead atoms. The molecule has 1 aromatic carbocycles. The maximum Gasteiger partial charge on any atom is 0.221 e. The quantitative estimate of drug-likeness (QED) is 0.287. The average Bonchev–Trinajstić information content (AvgIpc) is 3.14. The maximum absolute atomic E-state index is 11.9. The SMILES string of the molecule is CN=C(NCCC(=O)NC1CCCC1)NCCc1ccc(OC)cc1Cl.I. The molecule has 3 N–H and O–H groups in total. The van der Waals surface area contributed by atoms with E-state index in [1.807, 2.05) is 18.2 Å². The first-order valence-electron chi connectivity index (χ1n) is 9.18. The Morgan fingerprint density at radius 2 is 1.96 bits per heavy atom. The first-order chi connectivity index (χ1) is 12.6. The molecule has 1 saturated carbocycles. The third-order valence-electron chi connectivity index (χ3n) is 4.54. The molecule has 1 fully saturated rings. The first kappa shape index (κ1) is 23.8. The van der Waals surface area contributed by atoms with E-state index in [4.69, 9.17) is 16.3 Å². The number of nitrogens with zero attached hydrogens (tertiary/aromatic N) is 1. The highest BCUT2D eigenvalue weighted by Crippen LogP contribution is 2.22. The normalized spacial score (nSPS) is 14.4. The third-order valence-corrected chi connectivity index (χ3v) is 4.89. The Kier molecular flexibility index (Phi) is 11.5. The maximum atomic E-state index is 11.9. The van der Waals surface area contributed by atoms with Gasteiger partial charge in [0.2, 0.25) is 5.91 Å². The van der Waals surface area contributed by atoms with Crippen LogP contribution in [0.4, 0.5) is 0 Å². The van der Waals surface area contributed by atoms with Gasteiger partial charge < -0.3 is 20.7 Å². The number of aliphatic imine (C=N–C) groups is 1. The molecule has 27 heavy (non-hydrogen) atoms. The molecule has 1 aliphatic carbocycles. The Hall–Kier alpha value is -1.22. The molecule has 152 valence electrons. The molecule has 0 aromatic heterocycles. The standard InChI is InChI=1S/C19H29ClN4O2.HI/c1-21-19(23-12-10-18(25)24-15-5-3-4-6-15)22-11-9-14-7-8-16(26-2)13-17(14)20;/h7-8,13,15H,3-6,9-12H2,1-2H3,(H,24,25)(H2,21,22,23);1H. The van der Waals surface area contributed by atoms with Gasteiger partial charge in [0.15, 0.2) is 5.96 Å². The van der Waals surface area contributed by atoms with E-state index >= 15 is 0 Å². The fourth-order valence-corrected chi connectivity index (χ4v) is 3.32. The van der Waals surface area contributed by atoms with Crippen molar-refractivity contribution in [3.63, 3.8) is 0 Å². The van der Waals surface area contributed by atoms with Gasteiger partial charge in [-0.05, 0) is 37.0 Å². The molecule has 0 heterocycles. The zero-order valence-electron chi connectivity index (χ0n) is 16.0. The second-order valence-electron chi connectivity index (χ2n) is 6.43. The highest BCUT2D eigenvalue weighted by molar-refractivity contribution is 14.0. The monoisotopic (exact) mass is 508 g/mol. The van der Waals surface area contributed by atoms with E-state index in [2.05, 4.69) is 20.9 Å². The lowest BCUT2D eigenvalue weighted by atomic mass is 10.1. The van der Waals surface area contributed by atoms with Gasteiger partial charge in [0.1, 0.15) is 5.75 Å². The number of carbonyl (C=O) groups excluding carboxylic acids is 1. The van der Waals surface area contributed by atoms with Gasteiger partial charge in [-0.2, -0.15) is 0 Å². The molecule has 0 atom stereocenters. The van der Waals surface area contributed by atoms with Gasteiger partial charge in [0.05, 0.1) is 7.11 Å². The number of nitrogens with one attached hydrogen (secondary N) is 3. The van der Waals surface area contributed by atoms with Crippen molar-refractivity contribution in [2.45, 2.75) is 44.6 Å². The van der Waals surface area contributed by atoms with Gasteiger partial charge in [-0.1, -0.05) is 30.5 Å². The second-order valence-corrected chi connectivity index (χ2v) is 6.84. The van der Waals surface area contributed by atoms with Crippen molar-refractivity contribution in [1.82, 2.24) is 16.0 Å². The summed E-state index contributed by atoms with van der Waals surface area (Å²) in [6, 6.07) is 6.05. The topological polar surface area (TPSA) is 74.8 Å². The number of carbonyl (C=O) groups is 1. The van der Waals surface area contributed by atoms with Crippen LogP contribution in [0.1, 0.15) is 37.7 Å². The first-order valence-corrected chi connectivity index (χ1v) is 9.56. The number of methoxy groups -OCH3 is 1. The minimum absolute atomic E-state index is 0. The molecular formula is C19H30ClIN4O2. The Balaban J connectivity index is 0.00000364. The van der Waals surface area contributed by atoms with E-state index in [-0.39, 0.29) is 29.9 Å². The average molecular weight is 509 g/mol. The zero-order valence-corrected chi connectivity index (χ0v) is 19.1. The molecular weight excluding hydrogens is 479 g/mol. The van der Waals surface area contributed by atoms with Crippen molar-refractivity contribution in [1.29, 1.82) is 0 Å². The molecule has 0 spiro atoms. The van der Waals surface area contributed by atoms with Crippen LogP contribution in [-0.4, -0.2) is 45.2 Å². The van der Waals surface area contributed by atoms with Gasteiger partial charge in [-0.3, -0.25) is 9.79 Å². The lowest BCUT2D eigenvalue weighted by molar-refractivity contribution is -0.121. The Labute approximate surface area is 183 Å². The summed E-state index contributed by atoms with van der Waals surface area (Å²) in [6.07, 6.45) is 5.87. The lowest BCUT2D eigenvalue weighted by Crippen LogP contribution is -2.41. The van der Waals surface area contributed by atoms with Gasteiger partial charge in [0, 0.05) is 37.6 Å². The fourth-order valence-electron chi connectivity index (χ4n) is 3.06. The summed E-state index contributed by atoms with van der Waals surface area (Å²) in [5.41, 5.74) is 1.05. The molecule has 1 amide bonds. The predicted molar refractivity (Wildman–Crippen MR) is 122 cm³/mol. The smallest absolute Gasteiger partial charge is 0.221 e. The van der Waals surface area contributed by atoms with Crippen molar-refractivity contribution in [2.24, 2.45) is 4.99 Å². The number of benzene rings is 1. The molecule has 0 unspecified atom stereocenters. The summed E-state index contributed by atoms with van der Waals surface area (Å²) in [4.78, 5) is 16.1. The number of amides is 1. The Morgan fingerprint density at radius 1 is 1.26 bits per heavy atom. The Morgan fingerprint density at radius 3 is 2.59 bits per heavy atom. The van der Waals surface area contributed by atoms with E-state index in [1.54, 1.807) is 14.2 Å². The Bertz CT molecular complexity index is 622. The summed E-state index contributed by atoms with van der Waals surface area (Å²) in [7, 11) is 3.34. The molecule has 0 saturated heterocycles. The summed E-state index contributed by atoms with van der Waals surface area (Å²) in [6.45, 7) is 1.25. The molecule has 8 heteroatoms.